The third-order valence-corrected chi connectivity index (χ3v) is 5.04. The van der Waals surface area contributed by atoms with Crippen molar-refractivity contribution < 1.29 is 4.74 Å². The van der Waals surface area contributed by atoms with Crippen molar-refractivity contribution in [1.29, 1.82) is 0 Å². The van der Waals surface area contributed by atoms with E-state index in [1.54, 1.807) is 0 Å². The molecule has 1 aliphatic heterocycles. The molecule has 0 radical (unpaired) electrons. The van der Waals surface area contributed by atoms with Crippen molar-refractivity contribution in [2.24, 2.45) is 4.99 Å². The Bertz CT molecular complexity index is 1030. The molecule has 4 rings (SSSR count). The predicted molar refractivity (Wildman–Crippen MR) is 119 cm³/mol. The van der Waals surface area contributed by atoms with Crippen LogP contribution in [0.2, 0.25) is 0 Å². The summed E-state index contributed by atoms with van der Waals surface area (Å²) in [6.07, 6.45) is 0.607. The van der Waals surface area contributed by atoms with E-state index in [1.807, 2.05) is 42.5 Å². The van der Waals surface area contributed by atoms with Gasteiger partial charge in [-0.05, 0) is 48.9 Å². The van der Waals surface area contributed by atoms with E-state index < -0.39 is 0 Å². The molecule has 1 N–H and O–H groups in total. The lowest BCUT2D eigenvalue weighted by Gasteiger charge is -2.10. The minimum absolute atomic E-state index is 0.607. The second-order valence-corrected chi connectivity index (χ2v) is 7.79. The Morgan fingerprint density at radius 3 is 2.41 bits per heavy atom. The number of halogens is 1. The normalized spacial score (nSPS) is 13.3. The molecular weight excluding hydrogens is 420 g/mol. The number of nitrogens with one attached hydrogen (secondary N) is 1. The van der Waals surface area contributed by atoms with E-state index in [4.69, 9.17) is 21.9 Å². The average Bonchev–Trinajstić information content (AvgIpc) is 2.82. The summed E-state index contributed by atoms with van der Waals surface area (Å²) in [4.78, 5) is 5.64. The Hall–Kier alpha value is -2.50. The van der Waals surface area contributed by atoms with Crippen molar-refractivity contribution in [1.82, 2.24) is 0 Å². The Morgan fingerprint density at radius 2 is 1.67 bits per heavy atom. The molecule has 0 atom stereocenters. The molecule has 0 unspecified atom stereocenters. The number of aliphatic imine (C=N–C) groups is 1. The molecule has 0 bridgehead atoms. The lowest BCUT2D eigenvalue weighted by atomic mass is 10.1. The van der Waals surface area contributed by atoms with Crippen LogP contribution < -0.4 is 10.1 Å². The molecule has 1 aliphatic rings. The topological polar surface area (TPSA) is 33.6 Å². The van der Waals surface area contributed by atoms with E-state index in [9.17, 15) is 0 Å². The number of rotatable bonds is 3. The maximum Gasteiger partial charge on any atom is 0.129 e. The van der Waals surface area contributed by atoms with Gasteiger partial charge in [-0.25, -0.2) is 0 Å². The van der Waals surface area contributed by atoms with E-state index in [2.05, 4.69) is 52.4 Å². The van der Waals surface area contributed by atoms with E-state index in [1.165, 1.54) is 5.56 Å². The van der Waals surface area contributed by atoms with Gasteiger partial charge in [-0.3, -0.25) is 4.99 Å². The van der Waals surface area contributed by atoms with Crippen LogP contribution in [0.25, 0.3) is 0 Å². The summed E-state index contributed by atoms with van der Waals surface area (Å²) in [6.45, 7) is 2.08. The molecule has 0 aliphatic carbocycles. The highest BCUT2D eigenvalue weighted by Gasteiger charge is 2.15. The quantitative estimate of drug-likeness (QED) is 0.457. The number of thiocarbonyl (C=S) groups is 1. The largest absolute Gasteiger partial charge is 0.457 e. The molecular formula is C22H17BrN2OS. The van der Waals surface area contributed by atoms with Crippen LogP contribution in [0.4, 0.5) is 11.4 Å². The van der Waals surface area contributed by atoms with Crippen LogP contribution in [0.15, 0.2) is 76.2 Å². The first-order valence-electron chi connectivity index (χ1n) is 8.59. The summed E-state index contributed by atoms with van der Waals surface area (Å²) in [5, 5.41) is 3.29. The smallest absolute Gasteiger partial charge is 0.129 e. The van der Waals surface area contributed by atoms with Crippen LogP contribution in [-0.4, -0.2) is 10.7 Å². The van der Waals surface area contributed by atoms with Gasteiger partial charge in [0.15, 0.2) is 0 Å². The van der Waals surface area contributed by atoms with Crippen LogP contribution >= 0.6 is 28.1 Å². The van der Waals surface area contributed by atoms with Gasteiger partial charge in [0.1, 0.15) is 11.5 Å². The third kappa shape index (κ3) is 4.26. The number of hydrogen-bond donors (Lipinski definition) is 1. The van der Waals surface area contributed by atoms with Crippen molar-refractivity contribution in [3.63, 3.8) is 0 Å². The Kier molecular flexibility index (Phi) is 5.05. The van der Waals surface area contributed by atoms with Crippen molar-refractivity contribution >= 4 is 50.2 Å². The van der Waals surface area contributed by atoms with Gasteiger partial charge in [0.05, 0.1) is 22.1 Å². The molecule has 0 saturated carbocycles. The molecule has 0 aromatic heterocycles. The molecule has 27 heavy (non-hydrogen) atoms. The molecule has 0 spiro atoms. The lowest BCUT2D eigenvalue weighted by Crippen LogP contribution is -2.12. The fourth-order valence-electron chi connectivity index (χ4n) is 2.86. The summed E-state index contributed by atoms with van der Waals surface area (Å²) < 4.78 is 6.99. The lowest BCUT2D eigenvalue weighted by molar-refractivity contribution is 0.483. The minimum atomic E-state index is 0.607. The van der Waals surface area contributed by atoms with Crippen molar-refractivity contribution in [2.45, 2.75) is 13.3 Å². The Balaban J connectivity index is 1.69. The van der Waals surface area contributed by atoms with Gasteiger partial charge in [0.25, 0.3) is 0 Å². The van der Waals surface area contributed by atoms with Gasteiger partial charge in [-0.1, -0.05) is 58.0 Å². The van der Waals surface area contributed by atoms with Crippen molar-refractivity contribution in [2.75, 3.05) is 5.32 Å². The zero-order chi connectivity index (χ0) is 18.8. The maximum atomic E-state index is 5.97. The molecule has 0 amide bonds. The van der Waals surface area contributed by atoms with Gasteiger partial charge in [0.2, 0.25) is 0 Å². The first-order chi connectivity index (χ1) is 13.1. The van der Waals surface area contributed by atoms with Gasteiger partial charge in [0, 0.05) is 17.0 Å². The summed E-state index contributed by atoms with van der Waals surface area (Å²) in [5.74, 6) is 1.51. The van der Waals surface area contributed by atoms with E-state index in [0.717, 1.165) is 43.6 Å². The highest BCUT2D eigenvalue weighted by atomic mass is 79.9. The second kappa shape index (κ2) is 7.62. The SMILES string of the molecule is Cc1ccc(C2=Nc3cc(Oc4ccc(Br)cc4)ccc3NC(=S)C2)cc1. The molecule has 5 heteroatoms. The van der Waals surface area contributed by atoms with Crippen LogP contribution in [0.1, 0.15) is 17.5 Å². The number of aryl methyl sites for hydroxylation is 1. The number of nitrogens with zero attached hydrogens (tertiary/aromatic N) is 1. The van der Waals surface area contributed by atoms with E-state index in [-0.39, 0.29) is 0 Å². The molecule has 1 heterocycles. The third-order valence-electron chi connectivity index (χ3n) is 4.26. The summed E-state index contributed by atoms with van der Waals surface area (Å²) in [6, 6.07) is 21.9. The first-order valence-corrected chi connectivity index (χ1v) is 9.79. The predicted octanol–water partition coefficient (Wildman–Crippen LogP) is 6.81. The summed E-state index contributed by atoms with van der Waals surface area (Å²) in [7, 11) is 0. The fraction of sp³-hybridized carbons (Fsp3) is 0.0909. The molecule has 3 nitrogen and oxygen atoms in total. The molecule has 3 aromatic carbocycles. The maximum absolute atomic E-state index is 5.97. The molecule has 0 saturated heterocycles. The average molecular weight is 437 g/mol. The number of benzene rings is 3. The van der Waals surface area contributed by atoms with E-state index in [0.29, 0.717) is 6.42 Å². The van der Waals surface area contributed by atoms with Crippen molar-refractivity contribution in [3.8, 4) is 11.5 Å². The van der Waals surface area contributed by atoms with Crippen LogP contribution in [0, 0.1) is 6.92 Å². The minimum Gasteiger partial charge on any atom is -0.457 e. The van der Waals surface area contributed by atoms with Crippen molar-refractivity contribution in [3.05, 3.63) is 82.3 Å². The van der Waals surface area contributed by atoms with Gasteiger partial charge >= 0.3 is 0 Å². The standard InChI is InChI=1S/C22H17BrN2OS/c1-14-2-4-15(5-3-14)20-13-22(27)25-19-11-10-18(12-21(19)24-20)26-17-8-6-16(23)7-9-17/h2-12H,13H2,1H3,(H,25,27). The first kappa shape index (κ1) is 17.9. The summed E-state index contributed by atoms with van der Waals surface area (Å²) in [5.41, 5.74) is 4.97. The summed E-state index contributed by atoms with van der Waals surface area (Å²) >= 11 is 8.93. The molecule has 134 valence electrons. The number of ether oxygens (including phenoxy) is 1. The molecule has 3 aromatic rings. The van der Waals surface area contributed by atoms with Crippen LogP contribution in [0.3, 0.4) is 0 Å². The molecule has 0 fully saturated rings. The highest BCUT2D eigenvalue weighted by molar-refractivity contribution is 9.10. The zero-order valence-corrected chi connectivity index (χ0v) is 17.1. The fourth-order valence-corrected chi connectivity index (χ4v) is 3.37. The highest BCUT2D eigenvalue weighted by Crippen LogP contribution is 2.35. The Morgan fingerprint density at radius 1 is 0.963 bits per heavy atom. The van der Waals surface area contributed by atoms with Gasteiger partial charge in [-0.2, -0.15) is 0 Å². The Labute approximate surface area is 172 Å². The monoisotopic (exact) mass is 436 g/mol. The second-order valence-electron chi connectivity index (χ2n) is 6.38. The van der Waals surface area contributed by atoms with Crippen LogP contribution in [0.5, 0.6) is 11.5 Å². The van der Waals surface area contributed by atoms with Gasteiger partial charge in [-0.15, -0.1) is 0 Å². The van der Waals surface area contributed by atoms with Gasteiger partial charge < -0.3 is 10.1 Å². The number of anilines is 1. The zero-order valence-electron chi connectivity index (χ0n) is 14.7. The van der Waals surface area contributed by atoms with E-state index >= 15 is 0 Å². The number of fused-ring (bicyclic) bond motifs is 1. The number of hydrogen-bond acceptors (Lipinski definition) is 3. The van der Waals surface area contributed by atoms with Crippen LogP contribution in [-0.2, 0) is 0 Å².